The molecule has 0 aliphatic rings. The molecule has 2 nitrogen and oxygen atoms in total. The minimum Gasteiger partial charge on any atom is -0.390 e. The predicted octanol–water partition coefficient (Wildman–Crippen LogP) is 3.39. The van der Waals surface area contributed by atoms with Crippen molar-refractivity contribution in [3.8, 4) is 11.3 Å². The van der Waals surface area contributed by atoms with Crippen molar-refractivity contribution in [1.29, 1.82) is 0 Å². The number of hydrogen-bond acceptors (Lipinski definition) is 2. The van der Waals surface area contributed by atoms with Crippen molar-refractivity contribution in [3.05, 3.63) is 66.4 Å². The van der Waals surface area contributed by atoms with Gasteiger partial charge < -0.3 is 5.11 Å². The molecule has 2 aromatic carbocycles. The summed E-state index contributed by atoms with van der Waals surface area (Å²) < 4.78 is 0. The Kier molecular flexibility index (Phi) is 2.79. The van der Waals surface area contributed by atoms with E-state index in [1.54, 1.807) is 0 Å². The van der Waals surface area contributed by atoms with Crippen LogP contribution >= 0.6 is 0 Å². The zero-order chi connectivity index (χ0) is 12.4. The van der Waals surface area contributed by atoms with Gasteiger partial charge in [0.1, 0.15) is 0 Å². The molecule has 88 valence electrons. The molecule has 1 aromatic heterocycles. The summed E-state index contributed by atoms with van der Waals surface area (Å²) in [5, 5.41) is 11.6. The summed E-state index contributed by atoms with van der Waals surface area (Å²) in [6.45, 7) is -0.0405. The smallest absolute Gasteiger partial charge is 0.0859 e. The third kappa shape index (κ3) is 1.87. The van der Waals surface area contributed by atoms with Crippen molar-refractivity contribution < 1.29 is 5.11 Å². The summed E-state index contributed by atoms with van der Waals surface area (Å²) in [6, 6.07) is 20.1. The second-order valence-corrected chi connectivity index (χ2v) is 4.20. The monoisotopic (exact) mass is 235 g/mol. The van der Waals surface area contributed by atoms with Crippen LogP contribution in [0, 0.1) is 0 Å². The molecule has 0 saturated heterocycles. The van der Waals surface area contributed by atoms with Crippen LogP contribution in [0.4, 0.5) is 0 Å². The highest BCUT2D eigenvalue weighted by molar-refractivity contribution is 5.87. The molecule has 0 bridgehead atoms. The fourth-order valence-corrected chi connectivity index (χ4v) is 2.15. The number of fused-ring (bicyclic) bond motifs is 1. The molecule has 0 amide bonds. The molecule has 1 heterocycles. The Hall–Kier alpha value is -2.19. The van der Waals surface area contributed by atoms with Crippen molar-refractivity contribution in [3.63, 3.8) is 0 Å². The van der Waals surface area contributed by atoms with Crippen molar-refractivity contribution in [1.82, 2.24) is 4.98 Å². The maximum absolute atomic E-state index is 9.44. The van der Waals surface area contributed by atoms with E-state index in [0.29, 0.717) is 0 Å². The molecule has 1 N–H and O–H groups in total. The molecular formula is C16H13NO. The molecule has 0 spiro atoms. The Balaban J connectivity index is 2.26. The van der Waals surface area contributed by atoms with Crippen LogP contribution in [-0.2, 0) is 6.61 Å². The molecule has 0 unspecified atom stereocenters. The van der Waals surface area contributed by atoms with E-state index in [1.807, 2.05) is 54.6 Å². The Morgan fingerprint density at radius 1 is 0.889 bits per heavy atom. The fourth-order valence-electron chi connectivity index (χ4n) is 2.15. The number of pyridine rings is 1. The lowest BCUT2D eigenvalue weighted by Crippen LogP contribution is -1.94. The van der Waals surface area contributed by atoms with E-state index in [2.05, 4.69) is 11.1 Å². The first-order valence-corrected chi connectivity index (χ1v) is 5.93. The summed E-state index contributed by atoms with van der Waals surface area (Å²) in [4.78, 5) is 4.54. The minimum absolute atomic E-state index is 0.0405. The Morgan fingerprint density at radius 2 is 1.61 bits per heavy atom. The lowest BCUT2D eigenvalue weighted by molar-refractivity contribution is 0.278. The van der Waals surface area contributed by atoms with Crippen LogP contribution < -0.4 is 0 Å². The summed E-state index contributed by atoms with van der Waals surface area (Å²) in [5.41, 5.74) is 2.70. The van der Waals surface area contributed by atoms with Crippen LogP contribution in [0.15, 0.2) is 60.7 Å². The highest BCUT2D eigenvalue weighted by atomic mass is 16.3. The summed E-state index contributed by atoms with van der Waals surface area (Å²) in [7, 11) is 0. The minimum atomic E-state index is -0.0405. The highest BCUT2D eigenvalue weighted by Gasteiger charge is 2.06. The second kappa shape index (κ2) is 4.59. The van der Waals surface area contributed by atoms with Gasteiger partial charge in [0.15, 0.2) is 0 Å². The predicted molar refractivity (Wildman–Crippen MR) is 73.1 cm³/mol. The molecule has 0 atom stereocenters. The average molecular weight is 235 g/mol. The van der Waals surface area contributed by atoms with E-state index in [-0.39, 0.29) is 6.61 Å². The molecule has 0 saturated carbocycles. The molecule has 0 aliphatic carbocycles. The van der Waals surface area contributed by atoms with Crippen LogP contribution in [0.1, 0.15) is 5.69 Å². The quantitative estimate of drug-likeness (QED) is 0.738. The van der Waals surface area contributed by atoms with Gasteiger partial charge in [-0.2, -0.15) is 0 Å². The second-order valence-electron chi connectivity index (χ2n) is 4.20. The van der Waals surface area contributed by atoms with Gasteiger partial charge in [-0.05, 0) is 11.5 Å². The zero-order valence-corrected chi connectivity index (χ0v) is 9.88. The first-order chi connectivity index (χ1) is 8.88. The number of aliphatic hydroxyl groups excluding tert-OH is 1. The van der Waals surface area contributed by atoms with E-state index in [9.17, 15) is 5.11 Å². The molecule has 18 heavy (non-hydrogen) atoms. The fraction of sp³-hybridized carbons (Fsp3) is 0.0625. The SMILES string of the molecule is OCc1nc(-c2ccccc2)cc2ccccc12. The normalized spacial score (nSPS) is 10.7. The van der Waals surface area contributed by atoms with E-state index in [0.717, 1.165) is 27.7 Å². The van der Waals surface area contributed by atoms with Crippen LogP contribution in [0.3, 0.4) is 0 Å². The lowest BCUT2D eigenvalue weighted by Gasteiger charge is -2.07. The summed E-state index contributed by atoms with van der Waals surface area (Å²) in [6.07, 6.45) is 0. The van der Waals surface area contributed by atoms with Crippen molar-refractivity contribution in [2.75, 3.05) is 0 Å². The molecule has 0 aliphatic heterocycles. The lowest BCUT2D eigenvalue weighted by atomic mass is 10.1. The van der Waals surface area contributed by atoms with Gasteiger partial charge in [-0.1, -0.05) is 54.6 Å². The number of rotatable bonds is 2. The first kappa shape index (κ1) is 10.9. The van der Waals surface area contributed by atoms with Crippen LogP contribution in [0.25, 0.3) is 22.0 Å². The number of hydrogen-bond donors (Lipinski definition) is 1. The third-order valence-corrected chi connectivity index (χ3v) is 3.04. The molecule has 3 aromatic rings. The Morgan fingerprint density at radius 3 is 2.39 bits per heavy atom. The standard InChI is InChI=1S/C16H13NO/c18-11-16-14-9-5-4-8-13(14)10-15(17-16)12-6-2-1-3-7-12/h1-10,18H,11H2. The number of aliphatic hydroxyl groups is 1. The first-order valence-electron chi connectivity index (χ1n) is 5.93. The van der Waals surface area contributed by atoms with Gasteiger partial charge in [-0.3, -0.25) is 0 Å². The van der Waals surface area contributed by atoms with Gasteiger partial charge in [-0.25, -0.2) is 4.98 Å². The maximum atomic E-state index is 9.44. The summed E-state index contributed by atoms with van der Waals surface area (Å²) >= 11 is 0. The topological polar surface area (TPSA) is 33.1 Å². The Bertz CT molecular complexity index is 677. The van der Waals surface area contributed by atoms with Gasteiger partial charge in [0.05, 0.1) is 18.0 Å². The Labute approximate surface area is 106 Å². The number of benzene rings is 2. The van der Waals surface area contributed by atoms with Gasteiger partial charge in [0.2, 0.25) is 0 Å². The van der Waals surface area contributed by atoms with Crippen molar-refractivity contribution in [2.24, 2.45) is 0 Å². The van der Waals surface area contributed by atoms with Gasteiger partial charge in [0.25, 0.3) is 0 Å². The van der Waals surface area contributed by atoms with Gasteiger partial charge >= 0.3 is 0 Å². The van der Waals surface area contributed by atoms with Crippen LogP contribution in [0.2, 0.25) is 0 Å². The molecule has 3 rings (SSSR count). The number of nitrogens with zero attached hydrogens (tertiary/aromatic N) is 1. The molecular weight excluding hydrogens is 222 g/mol. The highest BCUT2D eigenvalue weighted by Crippen LogP contribution is 2.24. The van der Waals surface area contributed by atoms with Crippen LogP contribution in [0.5, 0.6) is 0 Å². The largest absolute Gasteiger partial charge is 0.390 e. The van der Waals surface area contributed by atoms with E-state index < -0.39 is 0 Å². The number of aromatic nitrogens is 1. The maximum Gasteiger partial charge on any atom is 0.0859 e. The third-order valence-electron chi connectivity index (χ3n) is 3.04. The zero-order valence-electron chi connectivity index (χ0n) is 9.88. The van der Waals surface area contributed by atoms with Gasteiger partial charge in [-0.15, -0.1) is 0 Å². The molecule has 0 fully saturated rings. The average Bonchev–Trinajstić information content (AvgIpc) is 2.47. The van der Waals surface area contributed by atoms with Crippen LogP contribution in [-0.4, -0.2) is 10.1 Å². The van der Waals surface area contributed by atoms with E-state index in [4.69, 9.17) is 0 Å². The van der Waals surface area contributed by atoms with Gasteiger partial charge in [0, 0.05) is 10.9 Å². The van der Waals surface area contributed by atoms with E-state index in [1.165, 1.54) is 0 Å². The summed E-state index contributed by atoms with van der Waals surface area (Å²) in [5.74, 6) is 0. The van der Waals surface area contributed by atoms with E-state index >= 15 is 0 Å². The molecule has 2 heteroatoms. The van der Waals surface area contributed by atoms with Crippen molar-refractivity contribution >= 4 is 10.8 Å². The van der Waals surface area contributed by atoms with Crippen molar-refractivity contribution in [2.45, 2.75) is 6.61 Å². The molecule has 0 radical (unpaired) electrons.